The highest BCUT2D eigenvalue weighted by atomic mass is 32.1. The van der Waals surface area contributed by atoms with E-state index in [1.165, 1.54) is 12.8 Å². The number of carbonyl (C=O) groups is 3. The Morgan fingerprint density at radius 2 is 2.13 bits per heavy atom. The summed E-state index contributed by atoms with van der Waals surface area (Å²) < 4.78 is 0. The molecule has 1 aliphatic heterocycles. The first kappa shape index (κ1) is 21.3. The average Bonchev–Trinajstić information content (AvgIpc) is 3.08. The van der Waals surface area contributed by atoms with E-state index < -0.39 is 12.0 Å². The zero-order valence-corrected chi connectivity index (χ0v) is 18.3. The van der Waals surface area contributed by atoms with Crippen molar-refractivity contribution in [2.24, 2.45) is 17.3 Å². The number of amides is 3. The van der Waals surface area contributed by atoms with Crippen molar-refractivity contribution >= 4 is 35.2 Å². The summed E-state index contributed by atoms with van der Waals surface area (Å²) in [5.41, 5.74) is 0.877. The molecule has 1 unspecified atom stereocenters. The van der Waals surface area contributed by atoms with Crippen LogP contribution >= 0.6 is 11.3 Å². The summed E-state index contributed by atoms with van der Waals surface area (Å²) in [6.45, 7) is 2.55. The standard InChI is InChI=1S/C22H31N3O4S/c1-15-18(6-9-30-15)23-20(27)19-11-22(7-8-22)13-25(19)21(28)17(12-24(29)14-26)10-16-4-2-3-5-16/h6,9,14,16-17,19,29H,2-5,7-8,10-13H2,1H3,(H,23,27)/t17-,19?/m1/s1. The molecule has 1 aromatic heterocycles. The van der Waals surface area contributed by atoms with Gasteiger partial charge in [-0.3, -0.25) is 19.6 Å². The minimum atomic E-state index is -0.492. The number of hydrogen-bond acceptors (Lipinski definition) is 5. The van der Waals surface area contributed by atoms with Gasteiger partial charge in [-0.15, -0.1) is 11.3 Å². The Labute approximate surface area is 181 Å². The van der Waals surface area contributed by atoms with Gasteiger partial charge in [-0.2, -0.15) is 0 Å². The smallest absolute Gasteiger partial charge is 0.247 e. The highest BCUT2D eigenvalue weighted by molar-refractivity contribution is 7.10. The third-order valence-electron chi connectivity index (χ3n) is 7.14. The van der Waals surface area contributed by atoms with Crippen LogP contribution in [0.5, 0.6) is 0 Å². The molecule has 3 amide bonds. The van der Waals surface area contributed by atoms with Crippen LogP contribution in [0, 0.1) is 24.2 Å². The summed E-state index contributed by atoms with van der Waals surface area (Å²) in [6.07, 6.45) is 8.30. The van der Waals surface area contributed by atoms with Crippen LogP contribution in [0.15, 0.2) is 11.4 Å². The Bertz CT molecular complexity index is 800. The summed E-state index contributed by atoms with van der Waals surface area (Å²) in [7, 11) is 0. The lowest BCUT2D eigenvalue weighted by molar-refractivity contribution is -0.158. The molecule has 3 fully saturated rings. The fraction of sp³-hybridized carbons (Fsp3) is 0.682. The van der Waals surface area contributed by atoms with E-state index in [0.29, 0.717) is 36.8 Å². The lowest BCUT2D eigenvalue weighted by atomic mass is 9.91. The number of nitrogens with zero attached hydrogens (tertiary/aromatic N) is 2. The number of rotatable bonds is 8. The summed E-state index contributed by atoms with van der Waals surface area (Å²) in [6, 6.07) is 1.40. The molecule has 1 aromatic rings. The molecule has 2 heterocycles. The van der Waals surface area contributed by atoms with Crippen LogP contribution in [-0.4, -0.2) is 52.5 Å². The molecule has 4 rings (SSSR count). The maximum absolute atomic E-state index is 13.6. The van der Waals surface area contributed by atoms with E-state index in [2.05, 4.69) is 5.32 Å². The van der Waals surface area contributed by atoms with Gasteiger partial charge in [0, 0.05) is 11.4 Å². The van der Waals surface area contributed by atoms with Crippen molar-refractivity contribution in [2.75, 3.05) is 18.4 Å². The topological polar surface area (TPSA) is 90.0 Å². The van der Waals surface area contributed by atoms with Crippen molar-refractivity contribution in [3.63, 3.8) is 0 Å². The molecule has 2 aliphatic carbocycles. The summed E-state index contributed by atoms with van der Waals surface area (Å²) in [5, 5.41) is 15.3. The van der Waals surface area contributed by atoms with Crippen LogP contribution in [0.3, 0.4) is 0 Å². The zero-order valence-electron chi connectivity index (χ0n) is 17.5. The second-order valence-corrected chi connectivity index (χ2v) is 10.5. The largest absolute Gasteiger partial charge is 0.330 e. The highest BCUT2D eigenvalue weighted by Crippen LogP contribution is 2.55. The first-order valence-electron chi connectivity index (χ1n) is 11.0. The summed E-state index contributed by atoms with van der Waals surface area (Å²) in [5.74, 6) is -0.272. The van der Waals surface area contributed by atoms with E-state index in [4.69, 9.17) is 0 Å². The summed E-state index contributed by atoms with van der Waals surface area (Å²) >= 11 is 1.58. The Hall–Kier alpha value is -1.93. The van der Waals surface area contributed by atoms with Gasteiger partial charge in [0.1, 0.15) is 6.04 Å². The number of thiophene rings is 1. The first-order valence-corrected chi connectivity index (χ1v) is 11.8. The second kappa shape index (κ2) is 8.67. The van der Waals surface area contributed by atoms with E-state index >= 15 is 0 Å². The minimum Gasteiger partial charge on any atom is -0.330 e. The molecule has 164 valence electrons. The van der Waals surface area contributed by atoms with Gasteiger partial charge >= 0.3 is 0 Å². The quantitative estimate of drug-likeness (QED) is 0.373. The van der Waals surface area contributed by atoms with E-state index in [1.807, 2.05) is 18.4 Å². The molecule has 8 heteroatoms. The van der Waals surface area contributed by atoms with Crippen LogP contribution in [-0.2, 0) is 14.4 Å². The van der Waals surface area contributed by atoms with Crippen molar-refractivity contribution in [1.29, 1.82) is 0 Å². The molecule has 0 aromatic carbocycles. The van der Waals surface area contributed by atoms with Crippen molar-refractivity contribution in [2.45, 2.75) is 64.3 Å². The number of carbonyl (C=O) groups excluding carboxylic acids is 3. The Balaban J connectivity index is 1.51. The van der Waals surface area contributed by atoms with Crippen LogP contribution < -0.4 is 5.32 Å². The first-order chi connectivity index (χ1) is 14.4. The average molecular weight is 434 g/mol. The molecule has 0 radical (unpaired) electrons. The van der Waals surface area contributed by atoms with E-state index in [1.54, 1.807) is 16.2 Å². The molecule has 30 heavy (non-hydrogen) atoms. The van der Waals surface area contributed by atoms with Crippen LogP contribution in [0.1, 0.15) is 56.2 Å². The number of aryl methyl sites for hydroxylation is 1. The van der Waals surface area contributed by atoms with Gasteiger partial charge in [0.25, 0.3) is 0 Å². The van der Waals surface area contributed by atoms with Gasteiger partial charge in [-0.25, -0.2) is 5.06 Å². The van der Waals surface area contributed by atoms with Crippen LogP contribution in [0.2, 0.25) is 0 Å². The normalized spacial score (nSPS) is 23.5. The molecule has 0 bridgehead atoms. The van der Waals surface area contributed by atoms with Crippen molar-refractivity contribution in [3.8, 4) is 0 Å². The third-order valence-corrected chi connectivity index (χ3v) is 7.98. The number of nitrogens with one attached hydrogen (secondary N) is 1. The Morgan fingerprint density at radius 3 is 2.73 bits per heavy atom. The lowest BCUT2D eigenvalue weighted by Crippen LogP contribution is -2.48. The summed E-state index contributed by atoms with van der Waals surface area (Å²) in [4.78, 5) is 40.5. The fourth-order valence-corrected chi connectivity index (χ4v) is 5.85. The Morgan fingerprint density at radius 1 is 1.40 bits per heavy atom. The van der Waals surface area contributed by atoms with Crippen molar-refractivity contribution < 1.29 is 19.6 Å². The van der Waals surface area contributed by atoms with Gasteiger partial charge < -0.3 is 10.2 Å². The predicted molar refractivity (Wildman–Crippen MR) is 114 cm³/mol. The molecule has 3 aliphatic rings. The molecule has 2 atom stereocenters. The van der Waals surface area contributed by atoms with Crippen molar-refractivity contribution in [1.82, 2.24) is 9.96 Å². The second-order valence-electron chi connectivity index (χ2n) is 9.38. The van der Waals surface area contributed by atoms with Crippen LogP contribution in [0.4, 0.5) is 5.69 Å². The number of anilines is 1. The maximum Gasteiger partial charge on any atom is 0.247 e. The van der Waals surface area contributed by atoms with Gasteiger partial charge in [-0.1, -0.05) is 25.7 Å². The highest BCUT2D eigenvalue weighted by Gasteiger charge is 2.55. The number of likely N-dealkylation sites (tertiary alicyclic amines) is 1. The van der Waals surface area contributed by atoms with Crippen LogP contribution in [0.25, 0.3) is 0 Å². The zero-order chi connectivity index (χ0) is 21.3. The Kier molecular flexibility index (Phi) is 6.16. The van der Waals surface area contributed by atoms with Gasteiger partial charge in [0.05, 0.1) is 18.2 Å². The molecule has 1 saturated heterocycles. The maximum atomic E-state index is 13.6. The molecular formula is C22H31N3O4S. The number of hydrogen-bond donors (Lipinski definition) is 2. The van der Waals surface area contributed by atoms with Gasteiger partial charge in [-0.05, 0) is 55.4 Å². The third kappa shape index (κ3) is 4.54. The lowest BCUT2D eigenvalue weighted by Gasteiger charge is -2.30. The monoisotopic (exact) mass is 433 g/mol. The fourth-order valence-electron chi connectivity index (χ4n) is 5.20. The minimum absolute atomic E-state index is 0.0136. The van der Waals surface area contributed by atoms with E-state index in [-0.39, 0.29) is 23.8 Å². The molecule has 7 nitrogen and oxygen atoms in total. The van der Waals surface area contributed by atoms with Gasteiger partial charge in [0.15, 0.2) is 0 Å². The van der Waals surface area contributed by atoms with E-state index in [0.717, 1.165) is 36.2 Å². The van der Waals surface area contributed by atoms with Gasteiger partial charge in [0.2, 0.25) is 18.2 Å². The predicted octanol–water partition coefficient (Wildman–Crippen LogP) is 3.42. The van der Waals surface area contributed by atoms with E-state index in [9.17, 15) is 19.6 Å². The molecule has 1 spiro atoms. The SMILES string of the molecule is Cc1sccc1NC(=O)C1CC2(CC2)CN1C(=O)[C@H](CC1CCCC1)CN(O)C=O. The number of hydroxylamine groups is 2. The molecule has 2 N–H and O–H groups in total. The molecular weight excluding hydrogens is 402 g/mol. The molecule has 2 saturated carbocycles. The van der Waals surface area contributed by atoms with Crippen molar-refractivity contribution in [3.05, 3.63) is 16.3 Å².